The first-order valence-corrected chi connectivity index (χ1v) is 8.55. The Labute approximate surface area is 139 Å². The molecule has 3 heterocycles. The molecule has 1 fully saturated rings. The second-order valence-electron chi connectivity index (χ2n) is 7.20. The topological polar surface area (TPSA) is 56.3 Å². The van der Waals surface area contributed by atoms with Crippen molar-refractivity contribution in [2.45, 2.75) is 25.1 Å². The van der Waals surface area contributed by atoms with E-state index in [0.29, 0.717) is 13.0 Å². The Morgan fingerprint density at radius 2 is 2.12 bits per heavy atom. The minimum absolute atomic E-state index is 0.0554. The molecule has 4 atom stereocenters. The summed E-state index contributed by atoms with van der Waals surface area (Å²) in [6, 6.07) is 8.35. The molecule has 1 aromatic carbocycles. The third-order valence-corrected chi connectivity index (χ3v) is 6.03. The van der Waals surface area contributed by atoms with Crippen molar-refractivity contribution < 1.29 is 14.3 Å². The molecular formula is C19H19FN2O2. The molecule has 0 saturated carbocycles. The van der Waals surface area contributed by atoms with Crippen molar-refractivity contribution in [3.63, 3.8) is 0 Å². The number of rotatable bonds is 0. The van der Waals surface area contributed by atoms with Crippen molar-refractivity contribution in [2.75, 3.05) is 13.1 Å². The number of aliphatic hydroxyl groups excluding tert-OH is 1. The predicted octanol–water partition coefficient (Wildman–Crippen LogP) is 3.07. The van der Waals surface area contributed by atoms with Crippen LogP contribution >= 0.6 is 0 Å². The number of aliphatic hydroxyl groups is 1. The number of nitrogens with zero attached hydrogens (tertiary/aromatic N) is 1. The highest BCUT2D eigenvalue weighted by atomic mass is 19.1. The van der Waals surface area contributed by atoms with Crippen LogP contribution in [0.4, 0.5) is 4.39 Å². The normalized spacial score (nSPS) is 32.9. The molecule has 0 bridgehead atoms. The van der Waals surface area contributed by atoms with Crippen molar-refractivity contribution in [1.82, 2.24) is 9.88 Å². The van der Waals surface area contributed by atoms with E-state index in [1.54, 1.807) is 0 Å². The van der Waals surface area contributed by atoms with Gasteiger partial charge in [-0.15, -0.1) is 0 Å². The van der Waals surface area contributed by atoms with Gasteiger partial charge in [-0.3, -0.25) is 9.69 Å². The van der Waals surface area contributed by atoms with E-state index in [2.05, 4.69) is 22.0 Å². The van der Waals surface area contributed by atoms with Crippen molar-refractivity contribution >= 4 is 16.7 Å². The van der Waals surface area contributed by atoms with Crippen LogP contribution in [-0.2, 0) is 11.2 Å². The number of aromatic nitrogens is 1. The van der Waals surface area contributed by atoms with E-state index in [0.717, 1.165) is 30.3 Å². The number of ketones is 1. The number of hydrogen-bond donors (Lipinski definition) is 2. The van der Waals surface area contributed by atoms with Crippen LogP contribution in [0.25, 0.3) is 10.9 Å². The van der Waals surface area contributed by atoms with Crippen molar-refractivity contribution in [1.29, 1.82) is 0 Å². The molecule has 5 rings (SSSR count). The zero-order chi connectivity index (χ0) is 16.4. The van der Waals surface area contributed by atoms with E-state index in [1.807, 2.05) is 12.1 Å². The fourth-order valence-electron chi connectivity index (χ4n) is 4.84. The Morgan fingerprint density at radius 3 is 3.00 bits per heavy atom. The van der Waals surface area contributed by atoms with Crippen LogP contribution in [0.15, 0.2) is 36.1 Å². The fraction of sp³-hybridized carbons (Fsp3) is 0.421. The number of carbonyl (C=O) groups is 1. The molecule has 1 unspecified atom stereocenters. The first kappa shape index (κ1) is 14.2. The smallest absolute Gasteiger partial charge is 0.193 e. The second kappa shape index (κ2) is 4.93. The summed E-state index contributed by atoms with van der Waals surface area (Å²) in [7, 11) is 0. The summed E-state index contributed by atoms with van der Waals surface area (Å²) in [5.74, 6) is -1.23. The van der Waals surface area contributed by atoms with Gasteiger partial charge in [0, 0.05) is 47.6 Å². The van der Waals surface area contributed by atoms with Gasteiger partial charge >= 0.3 is 0 Å². The van der Waals surface area contributed by atoms with Gasteiger partial charge in [-0.2, -0.15) is 0 Å². The number of nitrogens with one attached hydrogen (secondary N) is 1. The van der Waals surface area contributed by atoms with Gasteiger partial charge in [0.05, 0.1) is 6.04 Å². The molecule has 24 heavy (non-hydrogen) atoms. The quantitative estimate of drug-likeness (QED) is 0.782. The van der Waals surface area contributed by atoms with Gasteiger partial charge < -0.3 is 10.1 Å². The van der Waals surface area contributed by atoms with Crippen molar-refractivity contribution in [3.8, 4) is 0 Å². The largest absolute Gasteiger partial charge is 0.512 e. The predicted molar refractivity (Wildman–Crippen MR) is 88.5 cm³/mol. The molecule has 5 heteroatoms. The average molecular weight is 326 g/mol. The molecule has 4 nitrogen and oxygen atoms in total. The van der Waals surface area contributed by atoms with Crippen LogP contribution in [0, 0.1) is 11.8 Å². The summed E-state index contributed by atoms with van der Waals surface area (Å²) >= 11 is 0. The lowest BCUT2D eigenvalue weighted by Crippen LogP contribution is -2.51. The first-order chi connectivity index (χ1) is 11.6. The Balaban J connectivity index is 1.57. The SMILES string of the molecule is O=C1C=C(O)[C@H]2CN3CCc4c([nH]c5ccccc45)[C@@H]3C[C@@H]2C1F. The van der Waals surface area contributed by atoms with Crippen molar-refractivity contribution in [2.24, 2.45) is 11.8 Å². The van der Waals surface area contributed by atoms with Gasteiger partial charge in [0.15, 0.2) is 12.0 Å². The summed E-state index contributed by atoms with van der Waals surface area (Å²) in [6.07, 6.45) is 1.11. The first-order valence-electron chi connectivity index (χ1n) is 8.55. The lowest BCUT2D eigenvalue weighted by Gasteiger charge is -2.47. The lowest BCUT2D eigenvalue weighted by molar-refractivity contribution is -0.125. The maximum absolute atomic E-state index is 14.5. The number of carbonyl (C=O) groups excluding carboxylic acids is 1. The van der Waals surface area contributed by atoms with Crippen LogP contribution in [-0.4, -0.2) is 40.0 Å². The number of allylic oxidation sites excluding steroid dienone is 1. The van der Waals surface area contributed by atoms with E-state index in [1.165, 1.54) is 10.9 Å². The van der Waals surface area contributed by atoms with Crippen LogP contribution in [0.1, 0.15) is 23.7 Å². The van der Waals surface area contributed by atoms with E-state index < -0.39 is 17.9 Å². The third-order valence-electron chi connectivity index (χ3n) is 6.03. The van der Waals surface area contributed by atoms with Gasteiger partial charge in [0.2, 0.25) is 0 Å². The molecular weight excluding hydrogens is 307 g/mol. The summed E-state index contributed by atoms with van der Waals surface area (Å²) in [5.41, 5.74) is 3.60. The molecule has 1 aromatic heterocycles. The van der Waals surface area contributed by atoms with Gasteiger partial charge in [-0.1, -0.05) is 18.2 Å². The van der Waals surface area contributed by atoms with Crippen LogP contribution in [0.2, 0.25) is 0 Å². The van der Waals surface area contributed by atoms with Gasteiger partial charge in [0.1, 0.15) is 5.76 Å². The highest BCUT2D eigenvalue weighted by molar-refractivity contribution is 5.95. The minimum atomic E-state index is -1.50. The number of hydrogen-bond acceptors (Lipinski definition) is 3. The Hall–Kier alpha value is -2.14. The zero-order valence-corrected chi connectivity index (χ0v) is 13.2. The highest BCUT2D eigenvalue weighted by Gasteiger charge is 2.48. The Bertz CT molecular complexity index is 871. The van der Waals surface area contributed by atoms with Gasteiger partial charge in [-0.25, -0.2) is 4.39 Å². The maximum atomic E-state index is 14.5. The summed E-state index contributed by atoms with van der Waals surface area (Å²) in [5, 5.41) is 11.4. The van der Waals surface area contributed by atoms with E-state index in [-0.39, 0.29) is 17.7 Å². The maximum Gasteiger partial charge on any atom is 0.193 e. The number of H-pyrrole nitrogens is 1. The summed E-state index contributed by atoms with van der Waals surface area (Å²) in [6.45, 7) is 1.51. The molecule has 2 aliphatic heterocycles. The monoisotopic (exact) mass is 326 g/mol. The Kier molecular flexibility index (Phi) is 2.92. The Morgan fingerprint density at radius 1 is 1.29 bits per heavy atom. The van der Waals surface area contributed by atoms with E-state index in [9.17, 15) is 14.3 Å². The van der Waals surface area contributed by atoms with Crippen LogP contribution in [0.3, 0.4) is 0 Å². The van der Waals surface area contributed by atoms with Crippen LogP contribution < -0.4 is 0 Å². The molecule has 1 saturated heterocycles. The minimum Gasteiger partial charge on any atom is -0.512 e. The number of alkyl halides is 1. The second-order valence-corrected chi connectivity index (χ2v) is 7.20. The fourth-order valence-corrected chi connectivity index (χ4v) is 4.84. The number of benzene rings is 1. The standard InChI is InChI=1S/C19H19FN2O2/c20-18-12-7-15-19-11(10-3-1-2-4-14(10)21-19)5-6-22(15)9-13(12)16(23)8-17(18)24/h1-4,8,12-13,15,18,21,23H,5-7,9H2/t12-,13-,15-,18?/m0/s1. The molecule has 3 aliphatic rings. The lowest BCUT2D eigenvalue weighted by atomic mass is 9.72. The van der Waals surface area contributed by atoms with Gasteiger partial charge in [-0.05, 0) is 24.5 Å². The van der Waals surface area contributed by atoms with Crippen LogP contribution in [0.5, 0.6) is 0 Å². The highest BCUT2D eigenvalue weighted by Crippen LogP contribution is 2.47. The number of fused-ring (bicyclic) bond motifs is 6. The summed E-state index contributed by atoms with van der Waals surface area (Å²) in [4.78, 5) is 17.6. The average Bonchev–Trinajstić information content (AvgIpc) is 2.98. The number of halogens is 1. The van der Waals surface area contributed by atoms with Gasteiger partial charge in [0.25, 0.3) is 0 Å². The molecule has 2 N–H and O–H groups in total. The molecule has 0 amide bonds. The van der Waals surface area contributed by atoms with E-state index >= 15 is 0 Å². The zero-order valence-electron chi connectivity index (χ0n) is 13.2. The molecule has 2 aromatic rings. The number of aromatic amines is 1. The van der Waals surface area contributed by atoms with Crippen molar-refractivity contribution in [3.05, 3.63) is 47.4 Å². The number of para-hydroxylation sites is 1. The number of piperidine rings is 1. The third kappa shape index (κ3) is 1.85. The molecule has 0 radical (unpaired) electrons. The summed E-state index contributed by atoms with van der Waals surface area (Å²) < 4.78 is 14.5. The molecule has 0 spiro atoms. The van der Waals surface area contributed by atoms with E-state index in [4.69, 9.17) is 0 Å². The molecule has 124 valence electrons. The molecule has 1 aliphatic carbocycles.